The van der Waals surface area contributed by atoms with Gasteiger partial charge >= 0.3 is 0 Å². The second-order valence-corrected chi connectivity index (χ2v) is 6.72. The van der Waals surface area contributed by atoms with E-state index in [1.54, 1.807) is 19.2 Å². The van der Waals surface area contributed by atoms with Gasteiger partial charge in [0.15, 0.2) is 0 Å². The van der Waals surface area contributed by atoms with Gasteiger partial charge in [-0.25, -0.2) is 4.39 Å². The number of halogens is 1. The Bertz CT molecular complexity index is 710. The first-order valence-electron chi connectivity index (χ1n) is 9.05. The molecule has 2 unspecified atom stereocenters. The first-order chi connectivity index (χ1) is 12.7. The van der Waals surface area contributed by atoms with Crippen LogP contribution in [0.15, 0.2) is 48.5 Å². The zero-order chi connectivity index (χ0) is 18.4. The molecule has 1 aliphatic rings. The van der Waals surface area contributed by atoms with Crippen LogP contribution in [0, 0.1) is 11.7 Å². The number of carbonyl (C=O) groups is 1. The number of nitrogens with one attached hydrogen (secondary N) is 2. The van der Waals surface area contributed by atoms with Crippen LogP contribution >= 0.6 is 0 Å². The molecule has 138 valence electrons. The topological polar surface area (TPSA) is 50.4 Å². The van der Waals surface area contributed by atoms with E-state index < -0.39 is 0 Å². The Labute approximate surface area is 153 Å². The minimum absolute atomic E-state index is 0.0158. The number of amides is 1. The van der Waals surface area contributed by atoms with E-state index >= 15 is 0 Å². The smallest absolute Gasteiger partial charge is 0.220 e. The lowest BCUT2D eigenvalue weighted by atomic mass is 9.97. The number of benzene rings is 2. The summed E-state index contributed by atoms with van der Waals surface area (Å²) in [5.74, 6) is 1.06. The summed E-state index contributed by atoms with van der Waals surface area (Å²) in [6.07, 6.45) is 2.52. The van der Waals surface area contributed by atoms with Crippen molar-refractivity contribution in [2.45, 2.75) is 25.3 Å². The molecular formula is C21H25FN2O2. The van der Waals surface area contributed by atoms with Crippen LogP contribution < -0.4 is 15.4 Å². The lowest BCUT2D eigenvalue weighted by Gasteiger charge is -2.21. The summed E-state index contributed by atoms with van der Waals surface area (Å²) in [7, 11) is 1.62. The van der Waals surface area contributed by atoms with Crippen molar-refractivity contribution in [1.29, 1.82) is 0 Å². The Balaban J connectivity index is 1.73. The molecule has 0 aliphatic carbocycles. The summed E-state index contributed by atoms with van der Waals surface area (Å²) in [4.78, 5) is 12.5. The SMILES string of the molecule is COc1ccc(C(NC(=O)CCC2CCNC2)c2ccc(F)cc2)cc1. The Morgan fingerprint density at radius 2 is 1.85 bits per heavy atom. The second-order valence-electron chi connectivity index (χ2n) is 6.72. The van der Waals surface area contributed by atoms with Crippen LogP contribution in [0.4, 0.5) is 4.39 Å². The molecule has 1 saturated heterocycles. The molecule has 1 aliphatic heterocycles. The molecule has 0 aromatic heterocycles. The number of methoxy groups -OCH3 is 1. The van der Waals surface area contributed by atoms with Crippen molar-refractivity contribution in [1.82, 2.24) is 10.6 Å². The van der Waals surface area contributed by atoms with Gasteiger partial charge in [0.05, 0.1) is 13.2 Å². The molecule has 1 fully saturated rings. The Hall–Kier alpha value is -2.40. The third-order valence-corrected chi connectivity index (χ3v) is 4.90. The van der Waals surface area contributed by atoms with Crippen molar-refractivity contribution in [3.8, 4) is 5.75 Å². The number of rotatable bonds is 7. The maximum Gasteiger partial charge on any atom is 0.220 e. The lowest BCUT2D eigenvalue weighted by Crippen LogP contribution is -2.29. The molecule has 0 saturated carbocycles. The van der Waals surface area contributed by atoms with Gasteiger partial charge < -0.3 is 15.4 Å². The van der Waals surface area contributed by atoms with Gasteiger partial charge in [0.2, 0.25) is 5.91 Å². The third-order valence-electron chi connectivity index (χ3n) is 4.90. The van der Waals surface area contributed by atoms with Crippen molar-refractivity contribution >= 4 is 5.91 Å². The van der Waals surface area contributed by atoms with Gasteiger partial charge in [0, 0.05) is 6.42 Å². The van der Waals surface area contributed by atoms with Crippen molar-refractivity contribution in [3.05, 3.63) is 65.5 Å². The molecule has 2 aromatic carbocycles. The van der Waals surface area contributed by atoms with E-state index in [9.17, 15) is 9.18 Å². The van der Waals surface area contributed by atoms with Crippen LogP contribution in [-0.2, 0) is 4.79 Å². The standard InChI is InChI=1S/C21H25FN2O2/c1-26-19-9-5-17(6-10-19)21(16-3-7-18(22)8-4-16)24-20(25)11-2-15-12-13-23-14-15/h3-10,15,21,23H,2,11-14H2,1H3,(H,24,25). The van der Waals surface area contributed by atoms with Gasteiger partial charge in [-0.05, 0) is 67.2 Å². The average molecular weight is 356 g/mol. The highest BCUT2D eigenvalue weighted by molar-refractivity contribution is 5.77. The molecule has 4 nitrogen and oxygen atoms in total. The van der Waals surface area contributed by atoms with E-state index in [1.165, 1.54) is 12.1 Å². The second kappa shape index (κ2) is 8.81. The molecule has 2 aromatic rings. The van der Waals surface area contributed by atoms with Gasteiger partial charge in [0.25, 0.3) is 0 Å². The molecule has 0 bridgehead atoms. The summed E-state index contributed by atoms with van der Waals surface area (Å²) in [5, 5.41) is 6.43. The Kier molecular flexibility index (Phi) is 6.23. The monoisotopic (exact) mass is 356 g/mol. The molecule has 2 N–H and O–H groups in total. The summed E-state index contributed by atoms with van der Waals surface area (Å²) >= 11 is 0. The number of ether oxygens (including phenoxy) is 1. The van der Waals surface area contributed by atoms with Crippen molar-refractivity contribution in [2.24, 2.45) is 5.92 Å². The molecule has 1 heterocycles. The predicted octanol–water partition coefficient (Wildman–Crippen LogP) is 3.43. The van der Waals surface area contributed by atoms with E-state index in [-0.39, 0.29) is 17.8 Å². The van der Waals surface area contributed by atoms with Crippen LogP contribution in [0.25, 0.3) is 0 Å². The first-order valence-corrected chi connectivity index (χ1v) is 9.05. The van der Waals surface area contributed by atoms with E-state index in [0.717, 1.165) is 42.8 Å². The Morgan fingerprint density at radius 1 is 1.19 bits per heavy atom. The summed E-state index contributed by atoms with van der Waals surface area (Å²) in [6.45, 7) is 2.03. The van der Waals surface area contributed by atoms with Crippen LogP contribution in [-0.4, -0.2) is 26.1 Å². The molecule has 3 rings (SSSR count). The highest BCUT2D eigenvalue weighted by atomic mass is 19.1. The van der Waals surface area contributed by atoms with Crippen molar-refractivity contribution in [2.75, 3.05) is 20.2 Å². The van der Waals surface area contributed by atoms with Crippen LogP contribution in [0.2, 0.25) is 0 Å². The maximum absolute atomic E-state index is 13.3. The van der Waals surface area contributed by atoms with E-state index in [1.807, 2.05) is 24.3 Å². The largest absolute Gasteiger partial charge is 0.497 e. The quantitative estimate of drug-likeness (QED) is 0.799. The fourth-order valence-electron chi connectivity index (χ4n) is 3.34. The Morgan fingerprint density at radius 3 is 2.42 bits per heavy atom. The van der Waals surface area contributed by atoms with Gasteiger partial charge in [-0.1, -0.05) is 24.3 Å². The summed E-state index contributed by atoms with van der Waals surface area (Å²) < 4.78 is 18.5. The number of carbonyl (C=O) groups excluding carboxylic acids is 1. The first kappa shape index (κ1) is 18.4. The zero-order valence-electron chi connectivity index (χ0n) is 15.0. The lowest BCUT2D eigenvalue weighted by molar-refractivity contribution is -0.121. The van der Waals surface area contributed by atoms with Gasteiger partial charge in [-0.15, -0.1) is 0 Å². The summed E-state index contributed by atoms with van der Waals surface area (Å²) in [5.41, 5.74) is 1.79. The minimum atomic E-state index is -0.310. The minimum Gasteiger partial charge on any atom is -0.497 e. The van der Waals surface area contributed by atoms with Gasteiger partial charge in [-0.3, -0.25) is 4.79 Å². The molecule has 0 radical (unpaired) electrons. The zero-order valence-corrected chi connectivity index (χ0v) is 15.0. The molecule has 1 amide bonds. The van der Waals surface area contributed by atoms with Crippen LogP contribution in [0.3, 0.4) is 0 Å². The van der Waals surface area contributed by atoms with E-state index in [4.69, 9.17) is 4.74 Å². The average Bonchev–Trinajstić information content (AvgIpc) is 3.19. The van der Waals surface area contributed by atoms with Crippen molar-refractivity contribution < 1.29 is 13.9 Å². The fourth-order valence-corrected chi connectivity index (χ4v) is 3.34. The van der Waals surface area contributed by atoms with E-state index in [2.05, 4.69) is 10.6 Å². The molecule has 2 atom stereocenters. The van der Waals surface area contributed by atoms with Gasteiger partial charge in [0.1, 0.15) is 11.6 Å². The number of hydrogen-bond acceptors (Lipinski definition) is 3. The number of hydrogen-bond donors (Lipinski definition) is 2. The third kappa shape index (κ3) is 4.82. The highest BCUT2D eigenvalue weighted by Crippen LogP contribution is 2.25. The van der Waals surface area contributed by atoms with Gasteiger partial charge in [-0.2, -0.15) is 0 Å². The van der Waals surface area contributed by atoms with E-state index in [0.29, 0.717) is 12.3 Å². The van der Waals surface area contributed by atoms with Crippen LogP contribution in [0.5, 0.6) is 5.75 Å². The van der Waals surface area contributed by atoms with Crippen molar-refractivity contribution in [3.63, 3.8) is 0 Å². The highest BCUT2D eigenvalue weighted by Gasteiger charge is 2.20. The fraction of sp³-hybridized carbons (Fsp3) is 0.381. The summed E-state index contributed by atoms with van der Waals surface area (Å²) in [6, 6.07) is 13.5. The molecular weight excluding hydrogens is 331 g/mol. The molecule has 0 spiro atoms. The molecule has 5 heteroatoms. The molecule has 26 heavy (non-hydrogen) atoms. The normalized spacial score (nSPS) is 17.7. The maximum atomic E-state index is 13.3. The van der Waals surface area contributed by atoms with Crippen LogP contribution in [0.1, 0.15) is 36.4 Å². The predicted molar refractivity (Wildman–Crippen MR) is 99.6 cm³/mol.